The van der Waals surface area contributed by atoms with Crippen molar-refractivity contribution in [2.24, 2.45) is 11.7 Å². The zero-order valence-electron chi connectivity index (χ0n) is 16.5. The van der Waals surface area contributed by atoms with Gasteiger partial charge in [-0.2, -0.15) is 0 Å². The number of primary amides is 1. The van der Waals surface area contributed by atoms with Gasteiger partial charge in [0.1, 0.15) is 0 Å². The van der Waals surface area contributed by atoms with Gasteiger partial charge in [0.25, 0.3) is 0 Å². The standard InChI is InChI=1S/C23H25N3O2S/c1-23(17-9-3-2-4-10-17,14-20-25-18-11-5-6-12-19(18)29-20)22(28)26-13-7-8-16(15-26)21(24)27/h2-6,9-12,16H,7-8,13-15H2,1H3,(H2,24,27). The van der Waals surface area contributed by atoms with E-state index in [1.165, 1.54) is 0 Å². The van der Waals surface area contributed by atoms with Crippen LogP contribution in [0.5, 0.6) is 0 Å². The first-order valence-corrected chi connectivity index (χ1v) is 10.8. The van der Waals surface area contributed by atoms with Crippen LogP contribution in [-0.4, -0.2) is 34.8 Å². The van der Waals surface area contributed by atoms with Crippen molar-refractivity contribution in [3.05, 3.63) is 65.2 Å². The predicted molar refractivity (Wildman–Crippen MR) is 116 cm³/mol. The van der Waals surface area contributed by atoms with E-state index in [0.29, 0.717) is 19.5 Å². The minimum Gasteiger partial charge on any atom is -0.369 e. The number of rotatable bonds is 5. The van der Waals surface area contributed by atoms with Crippen LogP contribution in [0, 0.1) is 5.92 Å². The molecule has 6 heteroatoms. The lowest BCUT2D eigenvalue weighted by Crippen LogP contribution is -2.51. The van der Waals surface area contributed by atoms with Crippen molar-refractivity contribution in [1.82, 2.24) is 9.88 Å². The van der Waals surface area contributed by atoms with E-state index in [-0.39, 0.29) is 17.7 Å². The molecular formula is C23H25N3O2S. The molecule has 2 heterocycles. The highest BCUT2D eigenvalue weighted by Crippen LogP contribution is 2.34. The van der Waals surface area contributed by atoms with E-state index < -0.39 is 5.41 Å². The first kappa shape index (κ1) is 19.6. The Labute approximate surface area is 174 Å². The summed E-state index contributed by atoms with van der Waals surface area (Å²) in [7, 11) is 0. The Kier molecular flexibility index (Phi) is 5.37. The summed E-state index contributed by atoms with van der Waals surface area (Å²) in [6, 6.07) is 17.9. The van der Waals surface area contributed by atoms with Crippen molar-refractivity contribution in [3.8, 4) is 0 Å². The van der Waals surface area contributed by atoms with Crippen LogP contribution in [0.25, 0.3) is 10.2 Å². The number of benzene rings is 2. The van der Waals surface area contributed by atoms with Crippen LogP contribution in [0.3, 0.4) is 0 Å². The van der Waals surface area contributed by atoms with Crippen LogP contribution < -0.4 is 5.73 Å². The molecule has 0 spiro atoms. The summed E-state index contributed by atoms with van der Waals surface area (Å²) >= 11 is 1.63. The third-order valence-electron chi connectivity index (χ3n) is 5.84. The summed E-state index contributed by atoms with van der Waals surface area (Å²) in [6.45, 7) is 3.05. The third-order valence-corrected chi connectivity index (χ3v) is 6.87. The zero-order chi connectivity index (χ0) is 20.4. The van der Waals surface area contributed by atoms with Crippen molar-refractivity contribution in [1.29, 1.82) is 0 Å². The molecule has 2 aromatic carbocycles. The fraction of sp³-hybridized carbons (Fsp3) is 0.348. The summed E-state index contributed by atoms with van der Waals surface area (Å²) in [6.07, 6.45) is 2.07. The van der Waals surface area contributed by atoms with Gasteiger partial charge in [-0.25, -0.2) is 4.98 Å². The van der Waals surface area contributed by atoms with Gasteiger partial charge in [-0.15, -0.1) is 11.3 Å². The largest absolute Gasteiger partial charge is 0.369 e. The third kappa shape index (κ3) is 3.90. The van der Waals surface area contributed by atoms with Crippen LogP contribution in [0.1, 0.15) is 30.3 Å². The van der Waals surface area contributed by atoms with Crippen LogP contribution in [-0.2, 0) is 21.4 Å². The Morgan fingerprint density at radius 1 is 1.17 bits per heavy atom. The molecule has 2 N–H and O–H groups in total. The molecule has 2 unspecified atom stereocenters. The number of hydrogen-bond donors (Lipinski definition) is 1. The van der Waals surface area contributed by atoms with E-state index in [0.717, 1.165) is 33.6 Å². The lowest BCUT2D eigenvalue weighted by Gasteiger charge is -2.38. The maximum absolute atomic E-state index is 13.8. The van der Waals surface area contributed by atoms with Gasteiger partial charge < -0.3 is 10.6 Å². The van der Waals surface area contributed by atoms with Gasteiger partial charge in [-0.3, -0.25) is 9.59 Å². The molecule has 1 saturated heterocycles. The van der Waals surface area contributed by atoms with Gasteiger partial charge in [0.05, 0.1) is 26.6 Å². The lowest BCUT2D eigenvalue weighted by atomic mass is 9.77. The topological polar surface area (TPSA) is 76.3 Å². The van der Waals surface area contributed by atoms with Crippen molar-refractivity contribution in [2.75, 3.05) is 13.1 Å². The minimum absolute atomic E-state index is 0.0360. The smallest absolute Gasteiger partial charge is 0.233 e. The Morgan fingerprint density at radius 2 is 1.90 bits per heavy atom. The number of carbonyl (C=O) groups excluding carboxylic acids is 2. The number of hydrogen-bond acceptors (Lipinski definition) is 4. The summed E-state index contributed by atoms with van der Waals surface area (Å²) in [5.41, 5.74) is 6.70. The molecule has 5 nitrogen and oxygen atoms in total. The molecule has 0 aliphatic carbocycles. The number of para-hydroxylation sites is 1. The molecule has 1 fully saturated rings. The number of nitrogens with two attached hydrogens (primary N) is 1. The SMILES string of the molecule is CC(Cc1nc2ccccc2s1)(C(=O)N1CCCC(C(N)=O)C1)c1ccccc1. The molecule has 1 aliphatic heterocycles. The maximum atomic E-state index is 13.8. The first-order valence-electron chi connectivity index (χ1n) is 9.96. The summed E-state index contributed by atoms with van der Waals surface area (Å²) in [5.74, 6) is -0.556. The van der Waals surface area contributed by atoms with Crippen molar-refractivity contribution in [3.63, 3.8) is 0 Å². The van der Waals surface area contributed by atoms with Crippen molar-refractivity contribution in [2.45, 2.75) is 31.6 Å². The fourth-order valence-corrected chi connectivity index (χ4v) is 5.27. The lowest BCUT2D eigenvalue weighted by molar-refractivity contribution is -0.140. The van der Waals surface area contributed by atoms with Crippen molar-refractivity contribution >= 4 is 33.4 Å². The molecule has 2 amide bonds. The second kappa shape index (κ2) is 7.95. The second-order valence-corrected chi connectivity index (χ2v) is 9.06. The fourth-order valence-electron chi connectivity index (χ4n) is 4.15. The molecule has 4 rings (SSSR count). The molecule has 0 radical (unpaired) electrons. The molecule has 150 valence electrons. The van der Waals surface area contributed by atoms with Crippen LogP contribution in [0.4, 0.5) is 0 Å². The van der Waals surface area contributed by atoms with Crippen molar-refractivity contribution < 1.29 is 9.59 Å². The Bertz CT molecular complexity index is 1000. The highest BCUT2D eigenvalue weighted by molar-refractivity contribution is 7.18. The highest BCUT2D eigenvalue weighted by atomic mass is 32.1. The summed E-state index contributed by atoms with van der Waals surface area (Å²) < 4.78 is 1.12. The number of fused-ring (bicyclic) bond motifs is 1. The van der Waals surface area contributed by atoms with Gasteiger partial charge in [0.15, 0.2) is 0 Å². The Hall–Kier alpha value is -2.73. The van der Waals surface area contributed by atoms with Crippen LogP contribution in [0.2, 0.25) is 0 Å². The van der Waals surface area contributed by atoms with Crippen LogP contribution >= 0.6 is 11.3 Å². The zero-order valence-corrected chi connectivity index (χ0v) is 17.3. The first-order chi connectivity index (χ1) is 14.0. The summed E-state index contributed by atoms with van der Waals surface area (Å²) in [4.78, 5) is 32.1. The van der Waals surface area contributed by atoms with E-state index in [4.69, 9.17) is 10.7 Å². The molecule has 0 saturated carbocycles. The second-order valence-electron chi connectivity index (χ2n) is 7.94. The number of aromatic nitrogens is 1. The Balaban J connectivity index is 1.69. The van der Waals surface area contributed by atoms with Gasteiger partial charge in [-0.05, 0) is 37.5 Å². The monoisotopic (exact) mass is 407 g/mol. The quantitative estimate of drug-likeness (QED) is 0.703. The van der Waals surface area contributed by atoms with E-state index >= 15 is 0 Å². The molecule has 1 aromatic heterocycles. The summed E-state index contributed by atoms with van der Waals surface area (Å²) in [5, 5.41) is 0.939. The molecule has 2 atom stereocenters. The van der Waals surface area contributed by atoms with E-state index in [9.17, 15) is 9.59 Å². The number of carbonyl (C=O) groups is 2. The number of amides is 2. The highest BCUT2D eigenvalue weighted by Gasteiger charge is 2.41. The predicted octanol–water partition coefficient (Wildman–Crippen LogP) is 3.52. The normalized spacial score (nSPS) is 19.1. The average molecular weight is 408 g/mol. The molecule has 0 bridgehead atoms. The maximum Gasteiger partial charge on any atom is 0.233 e. The number of nitrogens with zero attached hydrogens (tertiary/aromatic N) is 2. The molecule has 3 aromatic rings. The Morgan fingerprint density at radius 3 is 2.62 bits per heavy atom. The molecular weight excluding hydrogens is 382 g/mol. The number of piperidine rings is 1. The molecule has 1 aliphatic rings. The van der Waals surface area contributed by atoms with Gasteiger partial charge in [-0.1, -0.05) is 42.5 Å². The van der Waals surface area contributed by atoms with Gasteiger partial charge in [0.2, 0.25) is 11.8 Å². The average Bonchev–Trinajstić information content (AvgIpc) is 3.16. The number of thiazole rings is 1. The van der Waals surface area contributed by atoms with Gasteiger partial charge >= 0.3 is 0 Å². The molecule has 29 heavy (non-hydrogen) atoms. The van der Waals surface area contributed by atoms with Gasteiger partial charge in [0, 0.05) is 19.5 Å². The number of likely N-dealkylation sites (tertiary alicyclic amines) is 1. The van der Waals surface area contributed by atoms with E-state index in [1.807, 2.05) is 60.4 Å². The van der Waals surface area contributed by atoms with Crippen LogP contribution in [0.15, 0.2) is 54.6 Å². The minimum atomic E-state index is -0.755. The van der Waals surface area contributed by atoms with E-state index in [2.05, 4.69) is 6.07 Å². The van der Waals surface area contributed by atoms with E-state index in [1.54, 1.807) is 11.3 Å².